The van der Waals surface area contributed by atoms with Gasteiger partial charge >= 0.3 is 0 Å². The second kappa shape index (κ2) is 7.08. The van der Waals surface area contributed by atoms with Crippen LogP contribution < -0.4 is 15.4 Å². The summed E-state index contributed by atoms with van der Waals surface area (Å²) in [7, 11) is 3.34. The molecule has 6 heteroatoms. The number of nitrogens with one attached hydrogen (secondary N) is 2. The van der Waals surface area contributed by atoms with Gasteiger partial charge in [0, 0.05) is 29.8 Å². The zero-order chi connectivity index (χ0) is 15.2. The maximum atomic E-state index is 12.3. The van der Waals surface area contributed by atoms with Crippen LogP contribution in [0.3, 0.4) is 0 Å². The van der Waals surface area contributed by atoms with Crippen molar-refractivity contribution < 1.29 is 9.53 Å². The van der Waals surface area contributed by atoms with E-state index in [1.165, 1.54) is 0 Å². The molecular formula is C15H16BrN3O2. The molecule has 0 radical (unpaired) electrons. The van der Waals surface area contributed by atoms with Gasteiger partial charge in [0.15, 0.2) is 0 Å². The number of nitrogens with zero attached hydrogens (tertiary/aromatic N) is 1. The van der Waals surface area contributed by atoms with Gasteiger partial charge in [0.05, 0.1) is 12.7 Å². The number of para-hydroxylation sites is 1. The monoisotopic (exact) mass is 349 g/mol. The Bertz CT molecular complexity index is 647. The molecule has 0 fully saturated rings. The minimum Gasteiger partial charge on any atom is -0.496 e. The molecule has 2 rings (SSSR count). The molecule has 2 N–H and O–H groups in total. The van der Waals surface area contributed by atoms with Gasteiger partial charge in [-0.15, -0.1) is 0 Å². The molecule has 1 aromatic carbocycles. The number of rotatable bonds is 5. The highest BCUT2D eigenvalue weighted by Crippen LogP contribution is 2.19. The quantitative estimate of drug-likeness (QED) is 0.871. The van der Waals surface area contributed by atoms with Crippen LogP contribution in [-0.2, 0) is 6.54 Å². The van der Waals surface area contributed by atoms with E-state index in [0.29, 0.717) is 17.9 Å². The summed E-state index contributed by atoms with van der Waals surface area (Å²) in [6.07, 6.45) is 1.64. The second-order valence-electron chi connectivity index (χ2n) is 4.29. The van der Waals surface area contributed by atoms with E-state index >= 15 is 0 Å². The van der Waals surface area contributed by atoms with Gasteiger partial charge in [-0.2, -0.15) is 0 Å². The lowest BCUT2D eigenvalue weighted by atomic mass is 10.2. The zero-order valence-corrected chi connectivity index (χ0v) is 13.4. The molecule has 0 saturated carbocycles. The van der Waals surface area contributed by atoms with Crippen LogP contribution in [0, 0.1) is 0 Å². The van der Waals surface area contributed by atoms with Crippen LogP contribution in [0.1, 0.15) is 15.9 Å². The molecule has 0 aliphatic heterocycles. The van der Waals surface area contributed by atoms with Crippen molar-refractivity contribution >= 4 is 27.7 Å². The normalized spacial score (nSPS) is 10.0. The molecule has 1 heterocycles. The van der Waals surface area contributed by atoms with Crippen LogP contribution >= 0.6 is 15.9 Å². The van der Waals surface area contributed by atoms with E-state index in [4.69, 9.17) is 4.74 Å². The molecule has 0 atom stereocenters. The van der Waals surface area contributed by atoms with Crippen molar-refractivity contribution in [2.45, 2.75) is 6.54 Å². The van der Waals surface area contributed by atoms with Crippen LogP contribution in [0.15, 0.2) is 41.0 Å². The average molecular weight is 350 g/mol. The van der Waals surface area contributed by atoms with E-state index in [1.54, 1.807) is 26.4 Å². The molecule has 2 aromatic rings. The van der Waals surface area contributed by atoms with Crippen molar-refractivity contribution in [2.24, 2.45) is 0 Å². The lowest BCUT2D eigenvalue weighted by molar-refractivity contribution is 0.0951. The minimum atomic E-state index is -0.195. The number of benzene rings is 1. The minimum absolute atomic E-state index is 0.195. The highest BCUT2D eigenvalue weighted by Gasteiger charge is 2.13. The summed E-state index contributed by atoms with van der Waals surface area (Å²) < 4.78 is 6.02. The Balaban J connectivity index is 2.13. The molecule has 5 nitrogen and oxygen atoms in total. The number of hydrogen-bond acceptors (Lipinski definition) is 4. The van der Waals surface area contributed by atoms with Gasteiger partial charge in [0.2, 0.25) is 0 Å². The van der Waals surface area contributed by atoms with E-state index in [0.717, 1.165) is 15.8 Å². The summed E-state index contributed by atoms with van der Waals surface area (Å²) >= 11 is 3.32. The van der Waals surface area contributed by atoms with Gasteiger partial charge in [-0.1, -0.05) is 18.2 Å². The molecule has 1 aromatic heterocycles. The molecule has 1 amide bonds. The van der Waals surface area contributed by atoms with E-state index in [9.17, 15) is 4.79 Å². The van der Waals surface area contributed by atoms with Crippen LogP contribution in [0.25, 0.3) is 0 Å². The standard InChI is InChI=1S/C15H16BrN3O2/c1-17-14-12(7-11(16)9-18-14)15(20)19-8-10-5-3-4-6-13(10)21-2/h3-7,9H,8H2,1-2H3,(H,17,18)(H,19,20). The van der Waals surface area contributed by atoms with Gasteiger partial charge < -0.3 is 15.4 Å². The predicted molar refractivity (Wildman–Crippen MR) is 85.6 cm³/mol. The largest absolute Gasteiger partial charge is 0.496 e. The van der Waals surface area contributed by atoms with Gasteiger partial charge in [-0.25, -0.2) is 4.98 Å². The maximum absolute atomic E-state index is 12.3. The SMILES string of the molecule is CNc1ncc(Br)cc1C(=O)NCc1ccccc1OC. The number of pyridine rings is 1. The molecule has 0 aliphatic carbocycles. The Kier molecular flexibility index (Phi) is 5.16. The van der Waals surface area contributed by atoms with Crippen LogP contribution in [0.5, 0.6) is 5.75 Å². The maximum Gasteiger partial charge on any atom is 0.255 e. The number of carbonyl (C=O) groups excluding carboxylic acids is 1. The first-order valence-corrected chi connectivity index (χ1v) is 7.18. The Hall–Kier alpha value is -2.08. The molecule has 0 saturated heterocycles. The van der Waals surface area contributed by atoms with Gasteiger partial charge in [0.25, 0.3) is 5.91 Å². The molecule has 0 bridgehead atoms. The van der Waals surface area contributed by atoms with Crippen LogP contribution in [0.4, 0.5) is 5.82 Å². The average Bonchev–Trinajstić information content (AvgIpc) is 2.52. The highest BCUT2D eigenvalue weighted by atomic mass is 79.9. The van der Waals surface area contributed by atoms with E-state index < -0.39 is 0 Å². The molecule has 0 spiro atoms. The first kappa shape index (κ1) is 15.3. The lowest BCUT2D eigenvalue weighted by Crippen LogP contribution is -2.24. The van der Waals surface area contributed by atoms with Crippen molar-refractivity contribution in [1.29, 1.82) is 0 Å². The van der Waals surface area contributed by atoms with Crippen molar-refractivity contribution in [3.05, 3.63) is 52.1 Å². The number of methoxy groups -OCH3 is 1. The van der Waals surface area contributed by atoms with E-state index in [1.807, 2.05) is 24.3 Å². The Morgan fingerprint density at radius 3 is 2.86 bits per heavy atom. The molecule has 0 aliphatic rings. The third-order valence-corrected chi connectivity index (χ3v) is 3.40. The van der Waals surface area contributed by atoms with Gasteiger partial charge in [-0.3, -0.25) is 4.79 Å². The number of anilines is 1. The summed E-state index contributed by atoms with van der Waals surface area (Å²) in [4.78, 5) is 16.5. The number of carbonyl (C=O) groups is 1. The summed E-state index contributed by atoms with van der Waals surface area (Å²) in [5.74, 6) is 1.09. The van der Waals surface area contributed by atoms with Crippen molar-refractivity contribution in [3.8, 4) is 5.75 Å². The van der Waals surface area contributed by atoms with Crippen LogP contribution in [-0.4, -0.2) is 25.0 Å². The summed E-state index contributed by atoms with van der Waals surface area (Å²) in [5.41, 5.74) is 1.41. The fourth-order valence-corrected chi connectivity index (χ4v) is 2.26. The van der Waals surface area contributed by atoms with Gasteiger partial charge in [0.1, 0.15) is 11.6 Å². The number of aromatic nitrogens is 1. The summed E-state index contributed by atoms with van der Waals surface area (Å²) in [5, 5.41) is 5.78. The first-order chi connectivity index (χ1) is 10.2. The topological polar surface area (TPSA) is 63.2 Å². The van der Waals surface area contributed by atoms with Crippen molar-refractivity contribution in [3.63, 3.8) is 0 Å². The van der Waals surface area contributed by atoms with Crippen molar-refractivity contribution in [2.75, 3.05) is 19.5 Å². The smallest absolute Gasteiger partial charge is 0.255 e. The zero-order valence-electron chi connectivity index (χ0n) is 11.8. The Morgan fingerprint density at radius 1 is 1.38 bits per heavy atom. The molecular weight excluding hydrogens is 334 g/mol. The van der Waals surface area contributed by atoms with Crippen LogP contribution in [0.2, 0.25) is 0 Å². The second-order valence-corrected chi connectivity index (χ2v) is 5.21. The fraction of sp³-hybridized carbons (Fsp3) is 0.200. The third-order valence-electron chi connectivity index (χ3n) is 2.97. The summed E-state index contributed by atoms with van der Waals surface area (Å²) in [6, 6.07) is 9.31. The summed E-state index contributed by atoms with van der Waals surface area (Å²) in [6.45, 7) is 0.387. The first-order valence-electron chi connectivity index (χ1n) is 6.39. The van der Waals surface area contributed by atoms with E-state index in [-0.39, 0.29) is 5.91 Å². The third kappa shape index (κ3) is 3.72. The predicted octanol–water partition coefficient (Wildman–Crippen LogP) is 2.82. The molecule has 0 unspecified atom stereocenters. The van der Waals surface area contributed by atoms with Crippen molar-refractivity contribution in [1.82, 2.24) is 10.3 Å². The number of halogens is 1. The molecule has 110 valence electrons. The fourth-order valence-electron chi connectivity index (χ4n) is 1.93. The highest BCUT2D eigenvalue weighted by molar-refractivity contribution is 9.10. The molecule has 21 heavy (non-hydrogen) atoms. The lowest BCUT2D eigenvalue weighted by Gasteiger charge is -2.11. The van der Waals surface area contributed by atoms with E-state index in [2.05, 4.69) is 31.5 Å². The Morgan fingerprint density at radius 2 is 2.14 bits per heavy atom. The number of hydrogen-bond donors (Lipinski definition) is 2. The Labute approximate surface area is 131 Å². The number of ether oxygens (including phenoxy) is 1. The van der Waals surface area contributed by atoms with Gasteiger partial charge in [-0.05, 0) is 28.1 Å². The number of amides is 1.